The van der Waals surface area contributed by atoms with Gasteiger partial charge in [-0.2, -0.15) is 0 Å². The molecule has 1 aliphatic carbocycles. The Kier molecular flexibility index (Phi) is 4.96. The number of aryl methyl sites for hydroxylation is 1. The van der Waals surface area contributed by atoms with Crippen molar-refractivity contribution in [1.29, 1.82) is 0 Å². The van der Waals surface area contributed by atoms with Gasteiger partial charge in [-0.05, 0) is 56.6 Å². The zero-order valence-electron chi connectivity index (χ0n) is 14.1. The molecule has 1 aromatic carbocycles. The fraction of sp³-hybridized carbons (Fsp3) is 0.429. The van der Waals surface area contributed by atoms with Crippen LogP contribution in [-0.2, 0) is 0 Å². The Morgan fingerprint density at radius 2 is 2.22 bits per heavy atom. The van der Waals surface area contributed by atoms with E-state index < -0.39 is 0 Å². The van der Waals surface area contributed by atoms with Gasteiger partial charge in [-0.1, -0.05) is 48.7 Å². The quantitative estimate of drug-likeness (QED) is 0.535. The lowest BCUT2D eigenvalue weighted by molar-refractivity contribution is 0.481. The van der Waals surface area contributed by atoms with E-state index >= 15 is 0 Å². The summed E-state index contributed by atoms with van der Waals surface area (Å²) in [5.41, 5.74) is 5.01. The van der Waals surface area contributed by atoms with E-state index in [0.29, 0.717) is 10.9 Å². The Morgan fingerprint density at radius 3 is 2.91 bits per heavy atom. The van der Waals surface area contributed by atoms with Crippen LogP contribution in [0.1, 0.15) is 56.8 Å². The van der Waals surface area contributed by atoms with Crippen LogP contribution < -0.4 is 0 Å². The van der Waals surface area contributed by atoms with Crippen molar-refractivity contribution in [2.75, 3.05) is 0 Å². The van der Waals surface area contributed by atoms with Gasteiger partial charge in [0.2, 0.25) is 0 Å². The summed E-state index contributed by atoms with van der Waals surface area (Å²) in [6, 6.07) is 6.00. The van der Waals surface area contributed by atoms with Crippen LogP contribution in [-0.4, -0.2) is 0 Å². The standard InChI is InChI=1S/C21H25ClO/c1-4-5-10-18(16-11-7-6-9-14(16)2)20-15(3)17-12-8-13-19(22)21(17)23-20/h4,8,12-14H,1,5-7,9-11H2,2-3H3/b18-16-/t14-/m1/s1. The van der Waals surface area contributed by atoms with Crippen LogP contribution in [0.4, 0.5) is 0 Å². The summed E-state index contributed by atoms with van der Waals surface area (Å²) in [7, 11) is 0. The summed E-state index contributed by atoms with van der Waals surface area (Å²) < 4.78 is 6.27. The summed E-state index contributed by atoms with van der Waals surface area (Å²) in [4.78, 5) is 0. The van der Waals surface area contributed by atoms with Gasteiger partial charge in [0.1, 0.15) is 5.76 Å². The maximum Gasteiger partial charge on any atom is 0.153 e. The van der Waals surface area contributed by atoms with Crippen LogP contribution >= 0.6 is 11.6 Å². The molecule has 0 aliphatic heterocycles. The highest BCUT2D eigenvalue weighted by Gasteiger charge is 2.23. The first-order valence-corrected chi connectivity index (χ1v) is 9.02. The molecule has 3 rings (SSSR count). The molecular formula is C21H25ClO. The minimum absolute atomic E-state index is 0.645. The van der Waals surface area contributed by atoms with Gasteiger partial charge >= 0.3 is 0 Å². The van der Waals surface area contributed by atoms with Gasteiger partial charge in [0.25, 0.3) is 0 Å². The molecule has 1 saturated carbocycles. The molecule has 1 heterocycles. The van der Waals surface area contributed by atoms with Crippen molar-refractivity contribution >= 4 is 28.1 Å². The summed E-state index contributed by atoms with van der Waals surface area (Å²) in [6.07, 6.45) is 9.09. The third-order valence-electron chi connectivity index (χ3n) is 5.10. The third-order valence-corrected chi connectivity index (χ3v) is 5.40. The lowest BCUT2D eigenvalue weighted by Crippen LogP contribution is -2.09. The Bertz CT molecular complexity index is 751. The Hall–Kier alpha value is -1.47. The molecule has 0 spiro atoms. The molecule has 23 heavy (non-hydrogen) atoms. The van der Waals surface area contributed by atoms with Gasteiger partial charge in [-0.3, -0.25) is 0 Å². The minimum Gasteiger partial charge on any atom is -0.455 e. The topological polar surface area (TPSA) is 13.1 Å². The van der Waals surface area contributed by atoms with E-state index in [1.54, 1.807) is 5.57 Å². The van der Waals surface area contributed by atoms with E-state index in [4.69, 9.17) is 16.0 Å². The molecule has 1 atom stereocenters. The molecule has 2 heteroatoms. The molecular weight excluding hydrogens is 304 g/mol. The van der Waals surface area contributed by atoms with Crippen LogP contribution in [0.3, 0.4) is 0 Å². The first kappa shape index (κ1) is 16.4. The lowest BCUT2D eigenvalue weighted by Gasteiger charge is -2.25. The second-order valence-electron chi connectivity index (χ2n) is 6.65. The Balaban J connectivity index is 2.17. The predicted octanol–water partition coefficient (Wildman–Crippen LogP) is 7.32. The van der Waals surface area contributed by atoms with E-state index in [2.05, 4.69) is 26.5 Å². The number of furan rings is 1. The minimum atomic E-state index is 0.645. The van der Waals surface area contributed by atoms with Crippen LogP contribution in [0.25, 0.3) is 16.5 Å². The first-order valence-electron chi connectivity index (χ1n) is 8.64. The van der Waals surface area contributed by atoms with Crippen molar-refractivity contribution in [3.63, 3.8) is 0 Å². The van der Waals surface area contributed by atoms with Gasteiger partial charge in [0.05, 0.1) is 5.02 Å². The summed E-state index contributed by atoms with van der Waals surface area (Å²) in [6.45, 7) is 8.40. The number of halogens is 1. The molecule has 0 radical (unpaired) electrons. The third kappa shape index (κ3) is 3.12. The number of fused-ring (bicyclic) bond motifs is 1. The van der Waals surface area contributed by atoms with Crippen LogP contribution in [0.2, 0.25) is 5.02 Å². The molecule has 1 aliphatic rings. The summed E-state index contributed by atoms with van der Waals surface area (Å²) in [5, 5.41) is 1.83. The molecule has 1 aromatic heterocycles. The zero-order valence-corrected chi connectivity index (χ0v) is 14.9. The van der Waals surface area contributed by atoms with Gasteiger partial charge < -0.3 is 4.42 Å². The van der Waals surface area contributed by atoms with Crippen LogP contribution in [0.15, 0.2) is 40.8 Å². The van der Waals surface area contributed by atoms with E-state index in [1.807, 2.05) is 18.2 Å². The number of allylic oxidation sites excluding steroid dienone is 3. The van der Waals surface area contributed by atoms with Crippen LogP contribution in [0.5, 0.6) is 0 Å². The highest BCUT2D eigenvalue weighted by molar-refractivity contribution is 6.35. The molecule has 0 unspecified atom stereocenters. The average molecular weight is 329 g/mol. The van der Waals surface area contributed by atoms with Crippen molar-refractivity contribution in [1.82, 2.24) is 0 Å². The average Bonchev–Trinajstić information content (AvgIpc) is 2.88. The second kappa shape index (κ2) is 6.97. The maximum absolute atomic E-state index is 6.34. The predicted molar refractivity (Wildman–Crippen MR) is 99.9 cm³/mol. The van der Waals surface area contributed by atoms with Gasteiger partial charge in [0, 0.05) is 10.9 Å². The van der Waals surface area contributed by atoms with E-state index in [-0.39, 0.29) is 0 Å². The van der Waals surface area contributed by atoms with Gasteiger partial charge in [-0.15, -0.1) is 6.58 Å². The van der Waals surface area contributed by atoms with Gasteiger partial charge in [-0.25, -0.2) is 0 Å². The molecule has 0 bridgehead atoms. The highest BCUT2D eigenvalue weighted by atomic mass is 35.5. The molecule has 1 fully saturated rings. The van der Waals surface area contributed by atoms with E-state index in [0.717, 1.165) is 29.6 Å². The van der Waals surface area contributed by atoms with Gasteiger partial charge in [0.15, 0.2) is 5.58 Å². The number of benzene rings is 1. The van der Waals surface area contributed by atoms with Crippen molar-refractivity contribution in [3.8, 4) is 0 Å². The number of para-hydroxylation sites is 1. The fourth-order valence-corrected chi connectivity index (χ4v) is 4.01. The number of hydrogen-bond donors (Lipinski definition) is 0. The molecule has 0 saturated heterocycles. The summed E-state index contributed by atoms with van der Waals surface area (Å²) >= 11 is 6.34. The number of hydrogen-bond acceptors (Lipinski definition) is 1. The zero-order chi connectivity index (χ0) is 16.4. The molecule has 0 amide bonds. The SMILES string of the molecule is C=CCC/C(=C1\CCCC[C@H]1C)c1oc2c(Cl)cccc2c1C. The van der Waals surface area contributed by atoms with Crippen molar-refractivity contribution in [3.05, 3.63) is 52.8 Å². The summed E-state index contributed by atoms with van der Waals surface area (Å²) in [5.74, 6) is 1.69. The fourth-order valence-electron chi connectivity index (χ4n) is 3.80. The monoisotopic (exact) mass is 328 g/mol. The molecule has 1 nitrogen and oxygen atoms in total. The highest BCUT2D eigenvalue weighted by Crippen LogP contribution is 2.41. The van der Waals surface area contributed by atoms with Crippen molar-refractivity contribution in [2.45, 2.75) is 52.4 Å². The molecule has 122 valence electrons. The lowest BCUT2D eigenvalue weighted by atomic mass is 9.80. The molecule has 0 N–H and O–H groups in total. The second-order valence-corrected chi connectivity index (χ2v) is 7.06. The van der Waals surface area contributed by atoms with E-state index in [9.17, 15) is 0 Å². The molecule has 2 aromatic rings. The first-order chi connectivity index (χ1) is 11.1. The Morgan fingerprint density at radius 1 is 1.39 bits per heavy atom. The smallest absolute Gasteiger partial charge is 0.153 e. The normalized spacial score (nSPS) is 20.7. The van der Waals surface area contributed by atoms with Crippen LogP contribution in [0, 0.1) is 12.8 Å². The Labute approximate surface area is 144 Å². The van der Waals surface area contributed by atoms with Crippen molar-refractivity contribution < 1.29 is 4.42 Å². The maximum atomic E-state index is 6.34. The number of rotatable bonds is 4. The van der Waals surface area contributed by atoms with E-state index in [1.165, 1.54) is 36.8 Å². The van der Waals surface area contributed by atoms with Crippen molar-refractivity contribution in [2.24, 2.45) is 5.92 Å². The largest absolute Gasteiger partial charge is 0.455 e.